The van der Waals surface area contributed by atoms with Gasteiger partial charge >= 0.3 is 0 Å². The predicted octanol–water partition coefficient (Wildman–Crippen LogP) is 1.67. The van der Waals surface area contributed by atoms with Crippen LogP contribution in [0.25, 0.3) is 0 Å². The summed E-state index contributed by atoms with van der Waals surface area (Å²) in [6.07, 6.45) is 5.82. The zero-order valence-electron chi connectivity index (χ0n) is 14.2. The van der Waals surface area contributed by atoms with Crippen LogP contribution < -0.4 is 10.6 Å². The van der Waals surface area contributed by atoms with Crippen molar-refractivity contribution in [1.82, 2.24) is 15.5 Å². The molecule has 0 saturated heterocycles. The number of likely N-dealkylation sites (N-methyl/N-ethyl adjacent to an activating group) is 1. The third-order valence-corrected chi connectivity index (χ3v) is 3.90. The predicted molar refractivity (Wildman–Crippen MR) is 85.0 cm³/mol. The van der Waals surface area contributed by atoms with Gasteiger partial charge in [0.05, 0.1) is 12.6 Å². The second-order valence-corrected chi connectivity index (χ2v) is 7.23. The molecular weight excluding hydrogens is 266 g/mol. The van der Waals surface area contributed by atoms with E-state index < -0.39 is 0 Å². The molecule has 0 aromatic rings. The summed E-state index contributed by atoms with van der Waals surface area (Å²) < 4.78 is 0. The molecule has 1 saturated carbocycles. The van der Waals surface area contributed by atoms with E-state index in [0.29, 0.717) is 6.04 Å². The van der Waals surface area contributed by atoms with Crippen molar-refractivity contribution < 1.29 is 9.59 Å². The van der Waals surface area contributed by atoms with E-state index in [1.54, 1.807) is 4.90 Å². The van der Waals surface area contributed by atoms with Gasteiger partial charge in [-0.05, 0) is 47.6 Å². The molecule has 0 spiro atoms. The maximum atomic E-state index is 12.2. The average molecular weight is 297 g/mol. The molecule has 0 unspecified atom stereocenters. The molecule has 2 N–H and O–H groups in total. The monoisotopic (exact) mass is 297 g/mol. The van der Waals surface area contributed by atoms with Gasteiger partial charge in [-0.2, -0.15) is 0 Å². The molecule has 0 aromatic carbocycles. The van der Waals surface area contributed by atoms with Gasteiger partial charge in [0.15, 0.2) is 0 Å². The Morgan fingerprint density at radius 3 is 2.29 bits per heavy atom. The number of carbonyl (C=O) groups is 2. The van der Waals surface area contributed by atoms with Crippen LogP contribution in [0.5, 0.6) is 0 Å². The van der Waals surface area contributed by atoms with Crippen molar-refractivity contribution in [3.05, 3.63) is 0 Å². The summed E-state index contributed by atoms with van der Waals surface area (Å²) in [7, 11) is 1.81. The summed E-state index contributed by atoms with van der Waals surface area (Å²) in [6, 6.07) is 0.0168. The van der Waals surface area contributed by atoms with Crippen molar-refractivity contribution in [1.29, 1.82) is 0 Å². The van der Waals surface area contributed by atoms with Crippen molar-refractivity contribution in [2.24, 2.45) is 0 Å². The lowest BCUT2D eigenvalue weighted by Gasteiger charge is -2.29. The van der Waals surface area contributed by atoms with Crippen LogP contribution >= 0.6 is 0 Å². The Labute approximate surface area is 128 Å². The van der Waals surface area contributed by atoms with Gasteiger partial charge in [0.1, 0.15) is 0 Å². The van der Waals surface area contributed by atoms with Crippen LogP contribution in [0.4, 0.5) is 0 Å². The van der Waals surface area contributed by atoms with E-state index in [4.69, 9.17) is 0 Å². The first-order chi connectivity index (χ1) is 9.69. The minimum absolute atomic E-state index is 0.0213. The highest BCUT2D eigenvalue weighted by atomic mass is 16.2. The van der Waals surface area contributed by atoms with Gasteiger partial charge in [0.25, 0.3) is 0 Å². The SMILES string of the molecule is C[C@@H](C(=O)NC1CCCCC1)N(C)CC(=O)NC(C)(C)C. The fourth-order valence-corrected chi connectivity index (χ4v) is 2.59. The van der Waals surface area contributed by atoms with Gasteiger partial charge in [0, 0.05) is 11.6 Å². The van der Waals surface area contributed by atoms with E-state index in [2.05, 4.69) is 10.6 Å². The summed E-state index contributed by atoms with van der Waals surface area (Å²) >= 11 is 0. The Morgan fingerprint density at radius 2 is 1.76 bits per heavy atom. The van der Waals surface area contributed by atoms with Gasteiger partial charge in [-0.1, -0.05) is 19.3 Å². The summed E-state index contributed by atoms with van der Waals surface area (Å²) in [6.45, 7) is 7.93. The van der Waals surface area contributed by atoms with Crippen LogP contribution in [-0.2, 0) is 9.59 Å². The molecule has 1 aliphatic carbocycles. The maximum Gasteiger partial charge on any atom is 0.237 e. The molecule has 0 heterocycles. The first kappa shape index (κ1) is 18.0. The number of amides is 2. The Morgan fingerprint density at radius 1 is 1.19 bits per heavy atom. The first-order valence-corrected chi connectivity index (χ1v) is 8.00. The Balaban J connectivity index is 2.39. The fourth-order valence-electron chi connectivity index (χ4n) is 2.59. The van der Waals surface area contributed by atoms with Gasteiger partial charge in [0.2, 0.25) is 11.8 Å². The molecule has 1 aliphatic rings. The third kappa shape index (κ3) is 6.93. The molecule has 0 radical (unpaired) electrons. The fraction of sp³-hybridized carbons (Fsp3) is 0.875. The topological polar surface area (TPSA) is 61.4 Å². The molecule has 1 rings (SSSR count). The van der Waals surface area contributed by atoms with E-state index in [9.17, 15) is 9.59 Å². The van der Waals surface area contributed by atoms with E-state index >= 15 is 0 Å². The highest BCUT2D eigenvalue weighted by Crippen LogP contribution is 2.17. The minimum Gasteiger partial charge on any atom is -0.352 e. The van der Waals surface area contributed by atoms with Crippen LogP contribution in [0.2, 0.25) is 0 Å². The van der Waals surface area contributed by atoms with E-state index in [1.165, 1.54) is 19.3 Å². The molecule has 1 fully saturated rings. The van der Waals surface area contributed by atoms with Crippen molar-refractivity contribution in [3.8, 4) is 0 Å². The highest BCUT2D eigenvalue weighted by molar-refractivity contribution is 5.83. The largest absolute Gasteiger partial charge is 0.352 e. The smallest absolute Gasteiger partial charge is 0.237 e. The van der Waals surface area contributed by atoms with Crippen molar-refractivity contribution in [2.75, 3.05) is 13.6 Å². The standard InChI is InChI=1S/C16H31N3O2/c1-12(15(21)17-13-9-7-6-8-10-13)19(5)11-14(20)18-16(2,3)4/h12-13H,6-11H2,1-5H3,(H,17,21)(H,18,20)/t12-/m0/s1. The molecule has 5 nitrogen and oxygen atoms in total. The molecule has 0 bridgehead atoms. The van der Waals surface area contributed by atoms with E-state index in [0.717, 1.165) is 12.8 Å². The zero-order valence-corrected chi connectivity index (χ0v) is 14.2. The molecule has 122 valence electrons. The Kier molecular flexibility index (Phi) is 6.65. The second-order valence-electron chi connectivity index (χ2n) is 7.23. The van der Waals surface area contributed by atoms with Crippen molar-refractivity contribution in [2.45, 2.75) is 77.4 Å². The normalized spacial score (nSPS) is 18.4. The van der Waals surface area contributed by atoms with Crippen molar-refractivity contribution in [3.63, 3.8) is 0 Å². The number of nitrogens with one attached hydrogen (secondary N) is 2. The lowest BCUT2D eigenvalue weighted by Crippen LogP contribution is -2.51. The van der Waals surface area contributed by atoms with Crippen molar-refractivity contribution >= 4 is 11.8 Å². The molecule has 2 amide bonds. The number of hydrogen-bond acceptors (Lipinski definition) is 3. The summed E-state index contributed by atoms with van der Waals surface area (Å²) in [5.41, 5.74) is -0.245. The quantitative estimate of drug-likeness (QED) is 0.811. The molecule has 0 aliphatic heterocycles. The maximum absolute atomic E-state index is 12.2. The number of nitrogens with zero attached hydrogens (tertiary/aromatic N) is 1. The zero-order chi connectivity index (χ0) is 16.0. The van der Waals surface area contributed by atoms with Gasteiger partial charge in [-0.15, -0.1) is 0 Å². The molecule has 21 heavy (non-hydrogen) atoms. The van der Waals surface area contributed by atoms with Gasteiger partial charge < -0.3 is 10.6 Å². The number of carbonyl (C=O) groups excluding carboxylic acids is 2. The van der Waals surface area contributed by atoms with Crippen LogP contribution in [0.1, 0.15) is 59.8 Å². The number of rotatable bonds is 5. The van der Waals surface area contributed by atoms with Crippen LogP contribution in [0.15, 0.2) is 0 Å². The Bertz CT molecular complexity index is 357. The highest BCUT2D eigenvalue weighted by Gasteiger charge is 2.24. The van der Waals surface area contributed by atoms with Gasteiger partial charge in [-0.3, -0.25) is 14.5 Å². The molecule has 1 atom stereocenters. The Hall–Kier alpha value is -1.10. The molecular formula is C16H31N3O2. The first-order valence-electron chi connectivity index (χ1n) is 8.00. The summed E-state index contributed by atoms with van der Waals surface area (Å²) in [5.74, 6) is -0.0322. The van der Waals surface area contributed by atoms with Crippen LogP contribution in [0.3, 0.4) is 0 Å². The summed E-state index contributed by atoms with van der Waals surface area (Å²) in [4.78, 5) is 25.9. The third-order valence-electron chi connectivity index (χ3n) is 3.90. The van der Waals surface area contributed by atoms with Gasteiger partial charge in [-0.25, -0.2) is 0 Å². The van der Waals surface area contributed by atoms with E-state index in [-0.39, 0.29) is 29.9 Å². The second kappa shape index (κ2) is 7.78. The van der Waals surface area contributed by atoms with Crippen LogP contribution in [0, 0.1) is 0 Å². The number of hydrogen-bond donors (Lipinski definition) is 2. The lowest BCUT2D eigenvalue weighted by atomic mass is 9.95. The average Bonchev–Trinajstić information content (AvgIpc) is 2.36. The van der Waals surface area contributed by atoms with Crippen LogP contribution in [-0.4, -0.2) is 47.9 Å². The molecule has 0 aromatic heterocycles. The summed E-state index contributed by atoms with van der Waals surface area (Å²) in [5, 5.41) is 6.02. The van der Waals surface area contributed by atoms with E-state index in [1.807, 2.05) is 34.7 Å². The lowest BCUT2D eigenvalue weighted by molar-refractivity contribution is -0.128. The minimum atomic E-state index is -0.294. The molecule has 5 heteroatoms.